The van der Waals surface area contributed by atoms with E-state index in [-0.39, 0.29) is 24.4 Å². The first-order valence-electron chi connectivity index (χ1n) is 9.66. The zero-order chi connectivity index (χ0) is 19.6. The molecule has 1 aromatic heterocycles. The molecule has 1 atom stereocenters. The number of carbonyl (C=O) groups is 2. The molecule has 2 aliphatic heterocycles. The van der Waals surface area contributed by atoms with Gasteiger partial charge in [-0.1, -0.05) is 0 Å². The lowest BCUT2D eigenvalue weighted by atomic mass is 9.99. The van der Waals surface area contributed by atoms with E-state index < -0.39 is 0 Å². The van der Waals surface area contributed by atoms with Gasteiger partial charge >= 0.3 is 0 Å². The molecule has 148 valence electrons. The van der Waals surface area contributed by atoms with E-state index in [0.29, 0.717) is 6.54 Å². The molecule has 1 saturated heterocycles. The maximum Gasteiger partial charge on any atom is 0.242 e. The number of hydrogen-bond acceptors (Lipinski definition) is 6. The maximum atomic E-state index is 12.7. The summed E-state index contributed by atoms with van der Waals surface area (Å²) >= 11 is 0. The van der Waals surface area contributed by atoms with Crippen LogP contribution in [0.25, 0.3) is 0 Å². The summed E-state index contributed by atoms with van der Waals surface area (Å²) in [6, 6.07) is -0.122. The summed E-state index contributed by atoms with van der Waals surface area (Å²) in [6.45, 7) is 3.96. The van der Waals surface area contributed by atoms with Crippen molar-refractivity contribution in [3.05, 3.63) is 17.1 Å². The Labute approximate surface area is 160 Å². The average molecular weight is 374 g/mol. The Hall–Kier alpha value is -2.22. The van der Waals surface area contributed by atoms with Gasteiger partial charge in [-0.15, -0.1) is 0 Å². The lowest BCUT2D eigenvalue weighted by Crippen LogP contribution is -2.44. The molecule has 0 unspecified atom stereocenters. The Morgan fingerprint density at radius 3 is 2.70 bits per heavy atom. The van der Waals surface area contributed by atoms with E-state index >= 15 is 0 Å². The number of amides is 2. The van der Waals surface area contributed by atoms with Crippen molar-refractivity contribution >= 4 is 17.6 Å². The fourth-order valence-electron chi connectivity index (χ4n) is 3.87. The van der Waals surface area contributed by atoms with Gasteiger partial charge in [-0.3, -0.25) is 9.59 Å². The minimum absolute atomic E-state index is 0.0299. The van der Waals surface area contributed by atoms with Crippen LogP contribution in [-0.4, -0.2) is 72.4 Å². The monoisotopic (exact) mass is 374 g/mol. The van der Waals surface area contributed by atoms with Gasteiger partial charge in [-0.25, -0.2) is 9.97 Å². The summed E-state index contributed by atoms with van der Waals surface area (Å²) in [5.41, 5.74) is 2.28. The van der Waals surface area contributed by atoms with Gasteiger partial charge in [-0.2, -0.15) is 0 Å². The third kappa shape index (κ3) is 4.37. The topological polar surface area (TPSA) is 81.7 Å². The Bertz CT molecular complexity index is 720. The van der Waals surface area contributed by atoms with Gasteiger partial charge in [0.05, 0.1) is 18.3 Å². The van der Waals surface area contributed by atoms with Crippen molar-refractivity contribution < 1.29 is 9.59 Å². The van der Waals surface area contributed by atoms with E-state index in [0.717, 1.165) is 56.1 Å². The Morgan fingerprint density at radius 1 is 1.22 bits per heavy atom. The molecule has 27 heavy (non-hydrogen) atoms. The van der Waals surface area contributed by atoms with Gasteiger partial charge < -0.3 is 20.0 Å². The number of likely N-dealkylation sites (N-methyl/N-ethyl adjacent to an activating group) is 1. The first kappa shape index (κ1) is 19.5. The quantitative estimate of drug-likeness (QED) is 0.836. The number of nitrogens with one attached hydrogen (secondary N) is 1. The van der Waals surface area contributed by atoms with Crippen LogP contribution in [0.2, 0.25) is 0 Å². The van der Waals surface area contributed by atoms with Crippen LogP contribution in [0.3, 0.4) is 0 Å². The van der Waals surface area contributed by atoms with Crippen molar-refractivity contribution in [3.63, 3.8) is 0 Å². The second kappa shape index (κ2) is 8.21. The SMILES string of the molecule is CC(=O)NCC(=O)N1CCCC[C@H]1c1nc2c(c(N(C)C)n1)CN(C)CC2. The number of likely N-dealkylation sites (tertiary alicyclic amines) is 1. The molecule has 0 saturated carbocycles. The third-order valence-corrected chi connectivity index (χ3v) is 5.28. The second-order valence-corrected chi connectivity index (χ2v) is 7.72. The fraction of sp³-hybridized carbons (Fsp3) is 0.684. The number of aromatic nitrogens is 2. The summed E-state index contributed by atoms with van der Waals surface area (Å²) < 4.78 is 0. The van der Waals surface area contributed by atoms with Crippen LogP contribution in [0.1, 0.15) is 49.3 Å². The van der Waals surface area contributed by atoms with E-state index in [1.807, 2.05) is 23.9 Å². The molecule has 8 nitrogen and oxygen atoms in total. The minimum atomic E-state index is -0.194. The number of piperidine rings is 1. The first-order valence-corrected chi connectivity index (χ1v) is 9.66. The number of carbonyl (C=O) groups excluding carboxylic acids is 2. The number of hydrogen-bond donors (Lipinski definition) is 1. The van der Waals surface area contributed by atoms with Crippen molar-refractivity contribution in [2.24, 2.45) is 0 Å². The normalized spacial score (nSPS) is 20.1. The highest BCUT2D eigenvalue weighted by Gasteiger charge is 2.32. The minimum Gasteiger partial charge on any atom is -0.362 e. The first-order chi connectivity index (χ1) is 12.9. The van der Waals surface area contributed by atoms with Crippen molar-refractivity contribution in [2.45, 2.75) is 45.2 Å². The van der Waals surface area contributed by atoms with Gasteiger partial charge in [0.25, 0.3) is 0 Å². The van der Waals surface area contributed by atoms with Crippen LogP contribution < -0.4 is 10.2 Å². The molecule has 3 rings (SSSR count). The summed E-state index contributed by atoms with van der Waals surface area (Å²) in [4.78, 5) is 39.8. The standard InChI is InChI=1S/C19H30N6O2/c1-13(26)20-11-17(27)25-9-6-5-7-16(25)18-21-15-8-10-24(4)12-14(15)19(22-18)23(2)3/h16H,5-12H2,1-4H3,(H,20,26)/t16-/m0/s1. The molecular weight excluding hydrogens is 344 g/mol. The maximum absolute atomic E-state index is 12.7. The molecule has 0 spiro atoms. The van der Waals surface area contributed by atoms with Crippen LogP contribution in [0, 0.1) is 0 Å². The van der Waals surface area contributed by atoms with E-state index in [1.54, 1.807) is 0 Å². The molecule has 0 bridgehead atoms. The highest BCUT2D eigenvalue weighted by Crippen LogP contribution is 2.32. The Kier molecular flexibility index (Phi) is 5.94. The lowest BCUT2D eigenvalue weighted by molar-refractivity contribution is -0.136. The van der Waals surface area contributed by atoms with E-state index in [9.17, 15) is 9.59 Å². The molecule has 2 amide bonds. The van der Waals surface area contributed by atoms with Crippen LogP contribution in [0.4, 0.5) is 5.82 Å². The summed E-state index contributed by atoms with van der Waals surface area (Å²) in [5, 5.41) is 2.61. The highest BCUT2D eigenvalue weighted by molar-refractivity contribution is 5.84. The van der Waals surface area contributed by atoms with Crippen LogP contribution in [0.5, 0.6) is 0 Å². The molecule has 2 aliphatic rings. The Morgan fingerprint density at radius 2 is 2.00 bits per heavy atom. The largest absolute Gasteiger partial charge is 0.362 e. The number of fused-ring (bicyclic) bond motifs is 1. The number of rotatable bonds is 4. The molecular formula is C19H30N6O2. The van der Waals surface area contributed by atoms with Crippen molar-refractivity contribution in [1.82, 2.24) is 25.1 Å². The van der Waals surface area contributed by atoms with Crippen molar-refractivity contribution in [3.8, 4) is 0 Å². The highest BCUT2D eigenvalue weighted by atomic mass is 16.2. The van der Waals surface area contributed by atoms with E-state index in [4.69, 9.17) is 9.97 Å². The van der Waals surface area contributed by atoms with Gasteiger partial charge in [0.1, 0.15) is 5.82 Å². The predicted octanol–water partition coefficient (Wildman–Crippen LogP) is 0.720. The molecule has 0 aliphatic carbocycles. The van der Waals surface area contributed by atoms with Crippen molar-refractivity contribution in [2.75, 3.05) is 45.7 Å². The van der Waals surface area contributed by atoms with Gasteiger partial charge in [0.2, 0.25) is 11.8 Å². The van der Waals surface area contributed by atoms with E-state index in [2.05, 4.69) is 17.3 Å². The van der Waals surface area contributed by atoms with E-state index in [1.165, 1.54) is 12.5 Å². The van der Waals surface area contributed by atoms with Crippen molar-refractivity contribution in [1.29, 1.82) is 0 Å². The van der Waals surface area contributed by atoms with Gasteiger partial charge in [-0.05, 0) is 26.3 Å². The van der Waals surface area contributed by atoms with Crippen LogP contribution in [0.15, 0.2) is 0 Å². The van der Waals surface area contributed by atoms with Crippen LogP contribution in [-0.2, 0) is 22.6 Å². The molecule has 0 aromatic carbocycles. The molecule has 8 heteroatoms. The number of anilines is 1. The zero-order valence-electron chi connectivity index (χ0n) is 16.8. The van der Waals surface area contributed by atoms with Gasteiger partial charge in [0.15, 0.2) is 5.82 Å². The number of nitrogens with zero attached hydrogens (tertiary/aromatic N) is 5. The molecule has 1 N–H and O–H groups in total. The smallest absolute Gasteiger partial charge is 0.242 e. The molecule has 1 aromatic rings. The third-order valence-electron chi connectivity index (χ3n) is 5.28. The predicted molar refractivity (Wildman–Crippen MR) is 103 cm³/mol. The van der Waals surface area contributed by atoms with Gasteiger partial charge in [0, 0.05) is 52.6 Å². The molecule has 1 fully saturated rings. The second-order valence-electron chi connectivity index (χ2n) is 7.72. The molecule has 3 heterocycles. The average Bonchev–Trinajstić information content (AvgIpc) is 2.65. The summed E-state index contributed by atoms with van der Waals surface area (Å²) in [7, 11) is 6.11. The lowest BCUT2D eigenvalue weighted by Gasteiger charge is -2.36. The molecule has 0 radical (unpaired) electrons. The van der Waals surface area contributed by atoms with Crippen LogP contribution >= 0.6 is 0 Å². The summed E-state index contributed by atoms with van der Waals surface area (Å²) in [6.07, 6.45) is 3.78. The fourth-order valence-corrected chi connectivity index (χ4v) is 3.87. The summed E-state index contributed by atoms with van der Waals surface area (Å²) in [5.74, 6) is 1.42. The Balaban J connectivity index is 1.92. The zero-order valence-corrected chi connectivity index (χ0v) is 16.8.